The number of benzene rings is 1. The first-order valence-electron chi connectivity index (χ1n) is 5.27. The van der Waals surface area contributed by atoms with Crippen molar-refractivity contribution in [3.63, 3.8) is 0 Å². The van der Waals surface area contributed by atoms with E-state index in [4.69, 9.17) is 16.9 Å². The van der Waals surface area contributed by atoms with Crippen molar-refractivity contribution in [3.8, 4) is 17.2 Å². The maximum absolute atomic E-state index is 9.09. The summed E-state index contributed by atoms with van der Waals surface area (Å²) < 4.78 is 0. The lowest BCUT2D eigenvalue weighted by Crippen LogP contribution is -1.97. The summed E-state index contributed by atoms with van der Waals surface area (Å²) in [6, 6.07) is 12.0. The van der Waals surface area contributed by atoms with Gasteiger partial charge in [-0.3, -0.25) is 0 Å². The maximum Gasteiger partial charge on any atom is 0.147 e. The molecule has 0 unspecified atom stereocenters. The fourth-order valence-corrected chi connectivity index (χ4v) is 2.28. The normalized spacial score (nSPS) is 10.0. The molecule has 2 aromatic rings. The first-order chi connectivity index (χ1) is 8.15. The van der Waals surface area contributed by atoms with Crippen molar-refractivity contribution in [1.82, 2.24) is 4.98 Å². The molecule has 0 radical (unpaired) electrons. The van der Waals surface area contributed by atoms with Gasteiger partial charge in [0.15, 0.2) is 0 Å². The maximum atomic E-state index is 9.09. The molecule has 1 heterocycles. The zero-order valence-corrected chi connectivity index (χ0v) is 10.4. The Morgan fingerprint density at radius 1 is 1.18 bits per heavy atom. The number of hydrogen-bond donors (Lipinski definition) is 0. The van der Waals surface area contributed by atoms with Crippen LogP contribution in [0, 0.1) is 25.2 Å². The number of nitriles is 1. The predicted molar refractivity (Wildman–Crippen MR) is 68.9 cm³/mol. The number of hydrogen-bond acceptors (Lipinski definition) is 2. The molecular weight excluding hydrogens is 232 g/mol. The van der Waals surface area contributed by atoms with Crippen molar-refractivity contribution in [2.24, 2.45) is 0 Å². The lowest BCUT2D eigenvalue weighted by molar-refractivity contribution is 1.16. The molecule has 3 heteroatoms. The highest BCUT2D eigenvalue weighted by atomic mass is 35.5. The lowest BCUT2D eigenvalue weighted by Gasteiger charge is -2.11. The largest absolute Gasteiger partial charge is 0.239 e. The molecule has 1 aromatic carbocycles. The topological polar surface area (TPSA) is 36.7 Å². The molecular formula is C14H11ClN2. The van der Waals surface area contributed by atoms with Crippen LogP contribution in [0.5, 0.6) is 0 Å². The molecule has 0 amide bonds. The zero-order valence-electron chi connectivity index (χ0n) is 9.66. The predicted octanol–water partition coefficient (Wildman–Crippen LogP) is 3.89. The minimum Gasteiger partial charge on any atom is -0.239 e. The van der Waals surface area contributed by atoms with Gasteiger partial charge in [0.1, 0.15) is 11.2 Å². The van der Waals surface area contributed by atoms with E-state index < -0.39 is 0 Å². The highest BCUT2D eigenvalue weighted by Crippen LogP contribution is 2.30. The summed E-state index contributed by atoms with van der Waals surface area (Å²) in [5.41, 5.74) is 4.24. The van der Waals surface area contributed by atoms with E-state index >= 15 is 0 Å². The van der Waals surface area contributed by atoms with Crippen molar-refractivity contribution < 1.29 is 0 Å². The van der Waals surface area contributed by atoms with Crippen molar-refractivity contribution >= 4 is 11.6 Å². The van der Waals surface area contributed by atoms with Crippen LogP contribution in [0.3, 0.4) is 0 Å². The Balaban J connectivity index is 2.76. The van der Waals surface area contributed by atoms with Gasteiger partial charge in [-0.2, -0.15) is 5.26 Å². The molecule has 0 bridgehead atoms. The Hall–Kier alpha value is -1.85. The van der Waals surface area contributed by atoms with Gasteiger partial charge in [0.25, 0.3) is 0 Å². The lowest BCUT2D eigenvalue weighted by atomic mass is 9.97. The SMILES string of the molecule is Cc1nc(Cl)c(C#N)c(C)c1-c1ccccc1. The van der Waals surface area contributed by atoms with Gasteiger partial charge in [-0.05, 0) is 25.0 Å². The van der Waals surface area contributed by atoms with E-state index in [0.29, 0.717) is 5.56 Å². The summed E-state index contributed by atoms with van der Waals surface area (Å²) in [5, 5.41) is 9.37. The molecule has 0 saturated heterocycles. The average Bonchev–Trinajstić information content (AvgIpc) is 2.30. The fraction of sp³-hybridized carbons (Fsp3) is 0.143. The molecule has 0 aliphatic rings. The van der Waals surface area contributed by atoms with Crippen LogP contribution in [0.25, 0.3) is 11.1 Å². The van der Waals surface area contributed by atoms with Crippen LogP contribution in [0.15, 0.2) is 30.3 Å². The Kier molecular flexibility index (Phi) is 3.12. The molecule has 2 nitrogen and oxygen atoms in total. The van der Waals surface area contributed by atoms with Crippen LogP contribution in [-0.4, -0.2) is 4.98 Å². The van der Waals surface area contributed by atoms with Crippen molar-refractivity contribution in [1.29, 1.82) is 5.26 Å². The van der Waals surface area contributed by atoms with Crippen LogP contribution < -0.4 is 0 Å². The number of nitrogens with zero attached hydrogens (tertiary/aromatic N) is 2. The van der Waals surface area contributed by atoms with Gasteiger partial charge in [-0.15, -0.1) is 0 Å². The van der Waals surface area contributed by atoms with Gasteiger partial charge in [-0.25, -0.2) is 4.98 Å². The van der Waals surface area contributed by atoms with E-state index in [1.54, 1.807) is 0 Å². The van der Waals surface area contributed by atoms with Crippen molar-refractivity contribution in [3.05, 3.63) is 52.3 Å². The Morgan fingerprint density at radius 3 is 2.41 bits per heavy atom. The van der Waals surface area contributed by atoms with Gasteiger partial charge in [0.05, 0.1) is 5.56 Å². The molecule has 1 aromatic heterocycles. The second-order valence-corrected chi connectivity index (χ2v) is 4.20. The third kappa shape index (κ3) is 2.02. The summed E-state index contributed by atoms with van der Waals surface area (Å²) in [5.74, 6) is 0. The van der Waals surface area contributed by atoms with Crippen LogP contribution in [-0.2, 0) is 0 Å². The molecule has 0 fully saturated rings. The molecule has 84 valence electrons. The van der Waals surface area contributed by atoms with Gasteiger partial charge in [0, 0.05) is 11.3 Å². The van der Waals surface area contributed by atoms with E-state index in [0.717, 1.165) is 22.4 Å². The van der Waals surface area contributed by atoms with Gasteiger partial charge < -0.3 is 0 Å². The summed E-state index contributed by atoms with van der Waals surface area (Å²) in [6.45, 7) is 3.81. The van der Waals surface area contributed by atoms with Crippen LogP contribution in [0.1, 0.15) is 16.8 Å². The van der Waals surface area contributed by atoms with E-state index in [1.165, 1.54) is 0 Å². The number of aromatic nitrogens is 1. The van der Waals surface area contributed by atoms with Crippen LogP contribution >= 0.6 is 11.6 Å². The third-order valence-corrected chi connectivity index (χ3v) is 3.03. The Morgan fingerprint density at radius 2 is 1.82 bits per heavy atom. The van der Waals surface area contributed by atoms with Crippen molar-refractivity contribution in [2.75, 3.05) is 0 Å². The summed E-state index contributed by atoms with van der Waals surface area (Å²) >= 11 is 5.96. The van der Waals surface area contributed by atoms with Crippen LogP contribution in [0.4, 0.5) is 0 Å². The first kappa shape index (κ1) is 11.6. The smallest absolute Gasteiger partial charge is 0.147 e. The molecule has 0 atom stereocenters. The molecule has 0 aliphatic heterocycles. The summed E-state index contributed by atoms with van der Waals surface area (Å²) in [6.07, 6.45) is 0. The number of rotatable bonds is 1. The fourth-order valence-electron chi connectivity index (χ4n) is 1.97. The van der Waals surface area contributed by atoms with E-state index in [9.17, 15) is 0 Å². The van der Waals surface area contributed by atoms with E-state index in [1.807, 2.05) is 44.2 Å². The molecule has 0 N–H and O–H groups in total. The summed E-state index contributed by atoms with van der Waals surface area (Å²) in [4.78, 5) is 4.22. The number of halogens is 1. The molecule has 0 spiro atoms. The number of pyridine rings is 1. The average molecular weight is 243 g/mol. The standard InChI is InChI=1S/C14H11ClN2/c1-9-12(8-16)14(15)17-10(2)13(9)11-6-4-3-5-7-11/h3-7H,1-2H3. The van der Waals surface area contributed by atoms with Gasteiger partial charge in [0.2, 0.25) is 0 Å². The third-order valence-electron chi connectivity index (χ3n) is 2.76. The Bertz CT molecular complexity index is 598. The highest BCUT2D eigenvalue weighted by molar-refractivity contribution is 6.30. The molecule has 17 heavy (non-hydrogen) atoms. The van der Waals surface area contributed by atoms with E-state index in [2.05, 4.69) is 11.1 Å². The van der Waals surface area contributed by atoms with Gasteiger partial charge >= 0.3 is 0 Å². The minimum absolute atomic E-state index is 0.280. The second kappa shape index (κ2) is 4.57. The highest BCUT2D eigenvalue weighted by Gasteiger charge is 2.14. The Labute approximate surface area is 105 Å². The molecule has 0 aliphatic carbocycles. The second-order valence-electron chi connectivity index (χ2n) is 3.84. The van der Waals surface area contributed by atoms with Crippen LogP contribution in [0.2, 0.25) is 5.15 Å². The summed E-state index contributed by atoms with van der Waals surface area (Å²) in [7, 11) is 0. The minimum atomic E-state index is 0.280. The van der Waals surface area contributed by atoms with Gasteiger partial charge in [-0.1, -0.05) is 41.9 Å². The quantitative estimate of drug-likeness (QED) is 0.712. The zero-order chi connectivity index (χ0) is 12.4. The monoisotopic (exact) mass is 242 g/mol. The molecule has 0 saturated carbocycles. The number of aryl methyl sites for hydroxylation is 1. The van der Waals surface area contributed by atoms with E-state index in [-0.39, 0.29) is 5.15 Å². The first-order valence-corrected chi connectivity index (χ1v) is 5.65. The van der Waals surface area contributed by atoms with Crippen molar-refractivity contribution in [2.45, 2.75) is 13.8 Å². The molecule has 2 rings (SSSR count).